The van der Waals surface area contributed by atoms with Gasteiger partial charge < -0.3 is 10.6 Å². The number of benzene rings is 2. The molecule has 0 atom stereocenters. The maximum absolute atomic E-state index is 12.3. The lowest BCUT2D eigenvalue weighted by atomic mass is 10.2. The highest BCUT2D eigenvalue weighted by molar-refractivity contribution is 9.10. The minimum atomic E-state index is -0.232. The van der Waals surface area contributed by atoms with Gasteiger partial charge in [0, 0.05) is 16.4 Å². The summed E-state index contributed by atoms with van der Waals surface area (Å²) in [5.74, 6) is 0.381. The van der Waals surface area contributed by atoms with Crippen molar-refractivity contribution < 1.29 is 4.79 Å². The Kier molecular flexibility index (Phi) is 5.07. The summed E-state index contributed by atoms with van der Waals surface area (Å²) in [7, 11) is 0. The molecule has 0 bridgehead atoms. The highest BCUT2D eigenvalue weighted by Gasteiger charge is 2.08. The molecule has 5 nitrogen and oxygen atoms in total. The third-order valence-corrected chi connectivity index (χ3v) is 4.13. The van der Waals surface area contributed by atoms with E-state index in [1.165, 1.54) is 6.20 Å². The molecule has 0 aliphatic rings. The molecule has 0 aliphatic carbocycles. The van der Waals surface area contributed by atoms with Crippen molar-refractivity contribution in [2.45, 2.75) is 0 Å². The summed E-state index contributed by atoms with van der Waals surface area (Å²) in [5, 5.41) is 14.8. The summed E-state index contributed by atoms with van der Waals surface area (Å²) in [6.45, 7) is 0. The van der Waals surface area contributed by atoms with Crippen LogP contribution < -0.4 is 10.6 Å². The number of carbonyl (C=O) groups excluding carboxylic acids is 1. The van der Waals surface area contributed by atoms with Crippen molar-refractivity contribution in [2.75, 3.05) is 10.6 Å². The Labute approximate surface area is 153 Å². The Bertz CT molecular complexity index is 931. The van der Waals surface area contributed by atoms with Gasteiger partial charge in [0.2, 0.25) is 0 Å². The lowest BCUT2D eigenvalue weighted by Gasteiger charge is -2.08. The number of hydrogen-bond donors (Lipinski definition) is 2. The van der Waals surface area contributed by atoms with E-state index in [9.17, 15) is 4.79 Å². The number of nitrogens with zero attached hydrogens (tertiary/aromatic N) is 2. The first-order valence-corrected chi connectivity index (χ1v) is 8.24. The summed E-state index contributed by atoms with van der Waals surface area (Å²) in [6.07, 6.45) is 1.51. The molecule has 0 radical (unpaired) electrons. The van der Waals surface area contributed by atoms with Crippen molar-refractivity contribution in [1.29, 1.82) is 5.26 Å². The van der Waals surface area contributed by atoms with Gasteiger partial charge in [-0.3, -0.25) is 4.79 Å². The maximum Gasteiger partial charge on any atom is 0.257 e. The van der Waals surface area contributed by atoms with Gasteiger partial charge in [-0.15, -0.1) is 0 Å². The van der Waals surface area contributed by atoms with Gasteiger partial charge in [0.25, 0.3) is 5.91 Å². The van der Waals surface area contributed by atoms with Gasteiger partial charge in [0.1, 0.15) is 5.82 Å². The minimum Gasteiger partial charge on any atom is -0.340 e. The molecule has 25 heavy (non-hydrogen) atoms. The standard InChI is InChI=1S/C19H13BrN4O/c20-16-3-1-2-4-17(16)24-19(25)14-7-10-18(22-12-14)23-15-8-5-13(11-21)6-9-15/h1-10,12H,(H,22,23)(H,24,25). The van der Waals surface area contributed by atoms with Gasteiger partial charge in [-0.05, 0) is 64.5 Å². The molecule has 0 fully saturated rings. The Balaban J connectivity index is 1.68. The number of hydrogen-bond acceptors (Lipinski definition) is 4. The summed E-state index contributed by atoms with van der Waals surface area (Å²) < 4.78 is 0.815. The number of pyridine rings is 1. The van der Waals surface area contributed by atoms with Gasteiger partial charge in [-0.1, -0.05) is 12.1 Å². The Morgan fingerprint density at radius 1 is 1.04 bits per heavy atom. The zero-order chi connectivity index (χ0) is 17.6. The van der Waals surface area contributed by atoms with E-state index >= 15 is 0 Å². The van der Waals surface area contributed by atoms with Crippen LogP contribution in [0.2, 0.25) is 0 Å². The van der Waals surface area contributed by atoms with E-state index in [0.717, 1.165) is 10.2 Å². The predicted octanol–water partition coefficient (Wildman–Crippen LogP) is 4.71. The molecule has 3 rings (SSSR count). The van der Waals surface area contributed by atoms with E-state index in [4.69, 9.17) is 5.26 Å². The van der Waals surface area contributed by atoms with Crippen LogP contribution in [0.3, 0.4) is 0 Å². The van der Waals surface area contributed by atoms with Gasteiger partial charge in [0.05, 0.1) is 22.9 Å². The van der Waals surface area contributed by atoms with Crippen LogP contribution >= 0.6 is 15.9 Å². The van der Waals surface area contributed by atoms with Gasteiger partial charge >= 0.3 is 0 Å². The van der Waals surface area contributed by atoms with Crippen molar-refractivity contribution in [3.05, 3.63) is 82.5 Å². The highest BCUT2D eigenvalue weighted by Crippen LogP contribution is 2.22. The molecule has 1 amide bonds. The second-order valence-corrected chi connectivity index (χ2v) is 6.03. The molecule has 1 heterocycles. The van der Waals surface area contributed by atoms with Crippen LogP contribution in [0.25, 0.3) is 0 Å². The monoisotopic (exact) mass is 392 g/mol. The third-order valence-electron chi connectivity index (χ3n) is 3.43. The van der Waals surface area contributed by atoms with E-state index in [-0.39, 0.29) is 5.91 Å². The van der Waals surface area contributed by atoms with Crippen LogP contribution in [0.15, 0.2) is 71.3 Å². The molecule has 122 valence electrons. The minimum absolute atomic E-state index is 0.232. The normalized spacial score (nSPS) is 9.92. The van der Waals surface area contributed by atoms with E-state index in [2.05, 4.69) is 37.6 Å². The molecular formula is C19H13BrN4O. The molecule has 0 aliphatic heterocycles. The molecule has 1 aromatic heterocycles. The average molecular weight is 393 g/mol. The molecule has 2 N–H and O–H groups in total. The van der Waals surface area contributed by atoms with Crippen molar-refractivity contribution in [3.8, 4) is 6.07 Å². The molecule has 0 unspecified atom stereocenters. The van der Waals surface area contributed by atoms with Gasteiger partial charge in [-0.25, -0.2) is 4.98 Å². The molecular weight excluding hydrogens is 380 g/mol. The third kappa shape index (κ3) is 4.22. The van der Waals surface area contributed by atoms with Crippen molar-refractivity contribution >= 4 is 39.0 Å². The van der Waals surface area contributed by atoms with Crippen molar-refractivity contribution in [2.24, 2.45) is 0 Å². The number of nitrogens with one attached hydrogen (secondary N) is 2. The van der Waals surface area contributed by atoms with Crippen LogP contribution in [0, 0.1) is 11.3 Å². The fraction of sp³-hybridized carbons (Fsp3) is 0. The van der Waals surface area contributed by atoms with Crippen LogP contribution in [-0.4, -0.2) is 10.9 Å². The summed E-state index contributed by atoms with van der Waals surface area (Å²) in [4.78, 5) is 16.5. The van der Waals surface area contributed by atoms with Crippen molar-refractivity contribution in [1.82, 2.24) is 4.98 Å². The number of rotatable bonds is 4. The average Bonchev–Trinajstić information content (AvgIpc) is 2.65. The van der Waals surface area contributed by atoms with Crippen LogP contribution in [0.5, 0.6) is 0 Å². The van der Waals surface area contributed by atoms with E-state index in [1.54, 1.807) is 36.4 Å². The number of carbonyl (C=O) groups is 1. The second kappa shape index (κ2) is 7.60. The van der Waals surface area contributed by atoms with Crippen LogP contribution in [0.4, 0.5) is 17.2 Å². The van der Waals surface area contributed by atoms with E-state index in [0.29, 0.717) is 22.6 Å². The first kappa shape index (κ1) is 16.7. The molecule has 0 saturated carbocycles. The number of aromatic nitrogens is 1. The largest absolute Gasteiger partial charge is 0.340 e. The number of halogens is 1. The molecule has 6 heteroatoms. The fourth-order valence-corrected chi connectivity index (χ4v) is 2.52. The first-order chi connectivity index (χ1) is 12.2. The van der Waals surface area contributed by atoms with Gasteiger partial charge in [-0.2, -0.15) is 5.26 Å². The SMILES string of the molecule is N#Cc1ccc(Nc2ccc(C(=O)Nc3ccccc3Br)cn2)cc1. The number of amides is 1. The van der Waals surface area contributed by atoms with Crippen LogP contribution in [0.1, 0.15) is 15.9 Å². The smallest absolute Gasteiger partial charge is 0.257 e. The Morgan fingerprint density at radius 2 is 1.80 bits per heavy atom. The lowest BCUT2D eigenvalue weighted by molar-refractivity contribution is 0.102. The summed E-state index contributed by atoms with van der Waals surface area (Å²) in [6, 6.07) is 20.0. The summed E-state index contributed by atoms with van der Waals surface area (Å²) >= 11 is 3.40. The fourth-order valence-electron chi connectivity index (χ4n) is 2.14. The maximum atomic E-state index is 12.3. The summed E-state index contributed by atoms with van der Waals surface area (Å²) in [5.41, 5.74) is 2.57. The number of nitriles is 1. The highest BCUT2D eigenvalue weighted by atomic mass is 79.9. The predicted molar refractivity (Wildman–Crippen MR) is 101 cm³/mol. The molecule has 0 saturated heterocycles. The van der Waals surface area contributed by atoms with E-state index < -0.39 is 0 Å². The lowest BCUT2D eigenvalue weighted by Crippen LogP contribution is -2.12. The number of anilines is 3. The van der Waals surface area contributed by atoms with Gasteiger partial charge in [0.15, 0.2) is 0 Å². The topological polar surface area (TPSA) is 77.8 Å². The Morgan fingerprint density at radius 3 is 2.44 bits per heavy atom. The second-order valence-electron chi connectivity index (χ2n) is 5.18. The van der Waals surface area contributed by atoms with Crippen molar-refractivity contribution in [3.63, 3.8) is 0 Å². The number of para-hydroxylation sites is 1. The molecule has 2 aromatic carbocycles. The quantitative estimate of drug-likeness (QED) is 0.673. The zero-order valence-corrected chi connectivity index (χ0v) is 14.6. The Hall–Kier alpha value is -3.17. The molecule has 3 aromatic rings. The van der Waals surface area contributed by atoms with Crippen LogP contribution in [-0.2, 0) is 0 Å². The zero-order valence-electron chi connectivity index (χ0n) is 13.0. The molecule has 0 spiro atoms. The van der Waals surface area contributed by atoms with E-state index in [1.807, 2.05) is 24.3 Å². The first-order valence-electron chi connectivity index (χ1n) is 7.45.